The molecule has 2 aromatic rings. The van der Waals surface area contributed by atoms with E-state index >= 15 is 0 Å². The Hall–Kier alpha value is -1.62. The first-order valence-corrected chi connectivity index (χ1v) is 6.73. The molecule has 1 fully saturated rings. The Bertz CT molecular complexity index is 630. The van der Waals surface area contributed by atoms with Crippen molar-refractivity contribution in [1.82, 2.24) is 19.7 Å². The predicted octanol–water partition coefficient (Wildman–Crippen LogP) is 3.10. The molecule has 0 spiro atoms. The van der Waals surface area contributed by atoms with Crippen LogP contribution < -0.4 is 5.32 Å². The zero-order valence-corrected chi connectivity index (χ0v) is 12.0. The van der Waals surface area contributed by atoms with Gasteiger partial charge in [0.15, 0.2) is 0 Å². The van der Waals surface area contributed by atoms with Gasteiger partial charge in [0.25, 0.3) is 0 Å². The summed E-state index contributed by atoms with van der Waals surface area (Å²) in [6.45, 7) is 3.88. The number of rotatable bonds is 3. The van der Waals surface area contributed by atoms with Crippen LogP contribution in [0.5, 0.6) is 0 Å². The smallest absolute Gasteiger partial charge is 0.138 e. The first-order chi connectivity index (χ1) is 9.04. The fourth-order valence-electron chi connectivity index (χ4n) is 2.00. The Morgan fingerprint density at radius 1 is 1.32 bits per heavy atom. The van der Waals surface area contributed by atoms with Gasteiger partial charge in [0.2, 0.25) is 0 Å². The van der Waals surface area contributed by atoms with Gasteiger partial charge in [0.05, 0.1) is 11.4 Å². The van der Waals surface area contributed by atoms with E-state index in [0.717, 1.165) is 41.4 Å². The van der Waals surface area contributed by atoms with E-state index in [1.807, 2.05) is 27.1 Å². The summed E-state index contributed by atoms with van der Waals surface area (Å²) in [6, 6.07) is 0. The van der Waals surface area contributed by atoms with E-state index in [2.05, 4.69) is 20.4 Å². The minimum absolute atomic E-state index is 0.480. The molecule has 1 aliphatic carbocycles. The van der Waals surface area contributed by atoms with Gasteiger partial charge in [-0.25, -0.2) is 9.97 Å². The summed E-state index contributed by atoms with van der Waals surface area (Å²) in [5.74, 6) is 2.10. The molecule has 5 nitrogen and oxygen atoms in total. The SMILES string of the molecule is Cc1nn(C)cc1Nc1nc(C2CC2)nc(Cl)c1C. The highest BCUT2D eigenvalue weighted by Crippen LogP contribution is 2.39. The zero-order valence-electron chi connectivity index (χ0n) is 11.2. The van der Waals surface area contributed by atoms with Crippen LogP contribution in [-0.2, 0) is 7.05 Å². The number of aryl methyl sites for hydroxylation is 2. The third-order valence-corrected chi connectivity index (χ3v) is 3.68. The molecule has 1 N–H and O–H groups in total. The lowest BCUT2D eigenvalue weighted by atomic mass is 10.3. The summed E-state index contributed by atoms with van der Waals surface area (Å²) in [4.78, 5) is 8.96. The molecule has 2 aromatic heterocycles. The van der Waals surface area contributed by atoms with Crippen LogP contribution in [0.4, 0.5) is 11.5 Å². The molecular formula is C13H16ClN5. The lowest BCUT2D eigenvalue weighted by molar-refractivity contribution is 0.756. The van der Waals surface area contributed by atoms with Crippen molar-refractivity contribution in [2.75, 3.05) is 5.32 Å². The van der Waals surface area contributed by atoms with E-state index in [9.17, 15) is 0 Å². The third-order valence-electron chi connectivity index (χ3n) is 3.31. The molecule has 0 bridgehead atoms. The average molecular weight is 278 g/mol. The number of hydrogen-bond acceptors (Lipinski definition) is 4. The Kier molecular flexibility index (Phi) is 2.93. The van der Waals surface area contributed by atoms with Gasteiger partial charge in [-0.3, -0.25) is 4.68 Å². The summed E-state index contributed by atoms with van der Waals surface area (Å²) in [5.41, 5.74) is 2.75. The second-order valence-corrected chi connectivity index (χ2v) is 5.41. The summed E-state index contributed by atoms with van der Waals surface area (Å²) in [6.07, 6.45) is 4.25. The van der Waals surface area contributed by atoms with Gasteiger partial charge < -0.3 is 5.32 Å². The molecule has 0 amide bonds. The maximum atomic E-state index is 6.19. The minimum Gasteiger partial charge on any atom is -0.337 e. The van der Waals surface area contributed by atoms with Crippen LogP contribution >= 0.6 is 11.6 Å². The van der Waals surface area contributed by atoms with E-state index in [1.54, 1.807) is 4.68 Å². The van der Waals surface area contributed by atoms with Gasteiger partial charge in [0.1, 0.15) is 16.8 Å². The highest BCUT2D eigenvalue weighted by atomic mass is 35.5. The Morgan fingerprint density at radius 3 is 2.63 bits per heavy atom. The Labute approximate surface area is 117 Å². The highest BCUT2D eigenvalue weighted by Gasteiger charge is 2.28. The van der Waals surface area contributed by atoms with Crippen molar-refractivity contribution < 1.29 is 0 Å². The topological polar surface area (TPSA) is 55.6 Å². The van der Waals surface area contributed by atoms with E-state index in [0.29, 0.717) is 11.1 Å². The molecule has 3 rings (SSSR count). The number of anilines is 2. The lowest BCUT2D eigenvalue weighted by Crippen LogP contribution is -2.03. The number of nitrogens with one attached hydrogen (secondary N) is 1. The van der Waals surface area contributed by atoms with Crippen molar-refractivity contribution in [1.29, 1.82) is 0 Å². The van der Waals surface area contributed by atoms with Gasteiger partial charge in [0, 0.05) is 24.7 Å². The second kappa shape index (κ2) is 4.49. The Morgan fingerprint density at radius 2 is 2.05 bits per heavy atom. The molecule has 0 radical (unpaired) electrons. The van der Waals surface area contributed by atoms with Crippen LogP contribution in [0.1, 0.15) is 35.8 Å². The molecule has 1 aliphatic rings. The molecule has 0 unspecified atom stereocenters. The maximum Gasteiger partial charge on any atom is 0.138 e. The van der Waals surface area contributed by atoms with Crippen LogP contribution in [0, 0.1) is 13.8 Å². The van der Waals surface area contributed by atoms with Crippen LogP contribution in [0.15, 0.2) is 6.20 Å². The van der Waals surface area contributed by atoms with Crippen molar-refractivity contribution in [2.45, 2.75) is 32.6 Å². The van der Waals surface area contributed by atoms with Gasteiger partial charge >= 0.3 is 0 Å². The molecule has 2 heterocycles. The first-order valence-electron chi connectivity index (χ1n) is 6.36. The van der Waals surface area contributed by atoms with E-state index in [1.165, 1.54) is 0 Å². The fraction of sp³-hybridized carbons (Fsp3) is 0.462. The second-order valence-electron chi connectivity index (χ2n) is 5.05. The summed E-state index contributed by atoms with van der Waals surface area (Å²) >= 11 is 6.19. The van der Waals surface area contributed by atoms with Gasteiger partial charge in [-0.15, -0.1) is 0 Å². The van der Waals surface area contributed by atoms with Crippen molar-refractivity contribution in [3.05, 3.63) is 28.4 Å². The Balaban J connectivity index is 1.97. The first kappa shape index (κ1) is 12.4. The van der Waals surface area contributed by atoms with Crippen molar-refractivity contribution in [2.24, 2.45) is 7.05 Å². The van der Waals surface area contributed by atoms with Gasteiger partial charge in [-0.1, -0.05) is 11.6 Å². The molecule has 0 aliphatic heterocycles. The van der Waals surface area contributed by atoms with Crippen molar-refractivity contribution >= 4 is 23.1 Å². The molecule has 19 heavy (non-hydrogen) atoms. The number of nitrogens with zero attached hydrogens (tertiary/aromatic N) is 4. The van der Waals surface area contributed by atoms with Gasteiger partial charge in [-0.2, -0.15) is 5.10 Å². The van der Waals surface area contributed by atoms with Crippen molar-refractivity contribution in [3.63, 3.8) is 0 Å². The summed E-state index contributed by atoms with van der Waals surface area (Å²) < 4.78 is 1.78. The average Bonchev–Trinajstić information content (AvgIpc) is 3.13. The largest absolute Gasteiger partial charge is 0.337 e. The molecule has 100 valence electrons. The normalized spacial score (nSPS) is 14.7. The van der Waals surface area contributed by atoms with Crippen LogP contribution in [0.3, 0.4) is 0 Å². The monoisotopic (exact) mass is 277 g/mol. The molecule has 0 aromatic carbocycles. The molecular weight excluding hydrogens is 262 g/mol. The lowest BCUT2D eigenvalue weighted by Gasteiger charge is -2.10. The molecule has 0 atom stereocenters. The van der Waals surface area contributed by atoms with Crippen molar-refractivity contribution in [3.8, 4) is 0 Å². The number of aromatic nitrogens is 4. The van der Waals surface area contributed by atoms with Crippen LogP contribution in [-0.4, -0.2) is 19.7 Å². The van der Waals surface area contributed by atoms with E-state index in [4.69, 9.17) is 11.6 Å². The summed E-state index contributed by atoms with van der Waals surface area (Å²) in [5, 5.41) is 8.14. The highest BCUT2D eigenvalue weighted by molar-refractivity contribution is 6.30. The molecule has 6 heteroatoms. The minimum atomic E-state index is 0.480. The van der Waals surface area contributed by atoms with Crippen LogP contribution in [0.2, 0.25) is 5.15 Å². The standard InChI is InChI=1S/C13H16ClN5/c1-7-11(14)16-13(9-4-5-9)17-12(7)15-10-6-19(3)18-8(10)2/h6,9H,4-5H2,1-3H3,(H,15,16,17). The quantitative estimate of drug-likeness (QED) is 0.876. The van der Waals surface area contributed by atoms with E-state index < -0.39 is 0 Å². The molecule has 1 saturated carbocycles. The van der Waals surface area contributed by atoms with Gasteiger partial charge in [-0.05, 0) is 26.7 Å². The number of halogens is 1. The van der Waals surface area contributed by atoms with E-state index in [-0.39, 0.29) is 0 Å². The zero-order chi connectivity index (χ0) is 13.6. The summed E-state index contributed by atoms with van der Waals surface area (Å²) in [7, 11) is 1.90. The molecule has 0 saturated heterocycles. The maximum absolute atomic E-state index is 6.19. The fourth-order valence-corrected chi connectivity index (χ4v) is 2.18. The third kappa shape index (κ3) is 2.42. The number of hydrogen-bond donors (Lipinski definition) is 1. The predicted molar refractivity (Wildman–Crippen MR) is 75.0 cm³/mol. The van der Waals surface area contributed by atoms with Crippen LogP contribution in [0.25, 0.3) is 0 Å².